The summed E-state index contributed by atoms with van der Waals surface area (Å²) in [6, 6.07) is 4.13. The van der Waals surface area contributed by atoms with E-state index in [1.165, 1.54) is 0 Å². The molecule has 2 aromatic rings. The zero-order valence-corrected chi connectivity index (χ0v) is 15.3. The lowest BCUT2D eigenvalue weighted by Crippen LogP contribution is -2.54. The summed E-state index contributed by atoms with van der Waals surface area (Å²) in [5.41, 5.74) is 8.54. The number of imidazole rings is 1. The summed E-state index contributed by atoms with van der Waals surface area (Å²) in [6.45, 7) is 7.63. The second kappa shape index (κ2) is 7.07. The van der Waals surface area contributed by atoms with Gasteiger partial charge in [-0.25, -0.2) is 4.98 Å². The Labute approximate surface area is 149 Å². The molecule has 23 heavy (non-hydrogen) atoms. The van der Waals surface area contributed by atoms with Gasteiger partial charge in [-0.3, -0.25) is 4.79 Å². The Morgan fingerprint density at radius 1 is 1.39 bits per heavy atom. The Bertz CT molecular complexity index is 698. The van der Waals surface area contributed by atoms with E-state index >= 15 is 0 Å². The van der Waals surface area contributed by atoms with Crippen LogP contribution in [0.5, 0.6) is 0 Å². The van der Waals surface area contributed by atoms with E-state index in [2.05, 4.69) is 18.8 Å². The van der Waals surface area contributed by atoms with E-state index in [9.17, 15) is 4.79 Å². The molecule has 128 valence electrons. The molecule has 3 heterocycles. The number of piperidine rings is 1. The molecular formula is C16H24Cl2N4O. The molecule has 0 aliphatic carbocycles. The standard InChI is InChI=1S/C16H22N4O.2ClH/c1-11-4-6-19-9-12(18-14(19)8-11)15(21)20-7-5-13(17)16(2,3)10-20;;/h4,6,8-9,13H,5,7,10,17H2,1-3H3;2*1H. The van der Waals surface area contributed by atoms with Gasteiger partial charge in [0.2, 0.25) is 0 Å². The molecular weight excluding hydrogens is 335 g/mol. The molecule has 2 aromatic heterocycles. The topological polar surface area (TPSA) is 63.6 Å². The van der Waals surface area contributed by atoms with Gasteiger partial charge in [-0.05, 0) is 36.5 Å². The van der Waals surface area contributed by atoms with Gasteiger partial charge in [0.05, 0.1) is 0 Å². The van der Waals surface area contributed by atoms with E-state index in [1.807, 2.05) is 34.6 Å². The van der Waals surface area contributed by atoms with Crippen molar-refractivity contribution in [2.45, 2.75) is 33.2 Å². The number of likely N-dealkylation sites (tertiary alicyclic amines) is 1. The summed E-state index contributed by atoms with van der Waals surface area (Å²) < 4.78 is 1.89. The number of fused-ring (bicyclic) bond motifs is 1. The van der Waals surface area contributed by atoms with Crippen molar-refractivity contribution in [1.29, 1.82) is 0 Å². The summed E-state index contributed by atoms with van der Waals surface area (Å²) in [5, 5.41) is 0. The van der Waals surface area contributed by atoms with Crippen molar-refractivity contribution in [2.24, 2.45) is 11.1 Å². The first-order valence-corrected chi connectivity index (χ1v) is 7.37. The average molecular weight is 359 g/mol. The Kier molecular flexibility index (Phi) is 6.07. The third-order valence-electron chi connectivity index (χ3n) is 4.43. The number of rotatable bonds is 1. The molecule has 7 heteroatoms. The molecule has 3 rings (SSSR count). The number of nitrogens with two attached hydrogens (primary N) is 1. The van der Waals surface area contributed by atoms with E-state index in [4.69, 9.17) is 5.73 Å². The van der Waals surface area contributed by atoms with Crippen molar-refractivity contribution >= 4 is 36.4 Å². The lowest BCUT2D eigenvalue weighted by atomic mass is 9.79. The molecule has 0 radical (unpaired) electrons. The number of aryl methyl sites for hydroxylation is 1. The minimum absolute atomic E-state index is 0. The number of nitrogens with zero attached hydrogens (tertiary/aromatic N) is 3. The van der Waals surface area contributed by atoms with Crippen molar-refractivity contribution in [3.05, 3.63) is 35.8 Å². The normalized spacial score (nSPS) is 19.8. The predicted octanol–water partition coefficient (Wildman–Crippen LogP) is 2.69. The fourth-order valence-corrected chi connectivity index (χ4v) is 2.90. The van der Waals surface area contributed by atoms with Crippen molar-refractivity contribution in [2.75, 3.05) is 13.1 Å². The van der Waals surface area contributed by atoms with Crippen LogP contribution in [0.3, 0.4) is 0 Å². The van der Waals surface area contributed by atoms with E-state index in [0.29, 0.717) is 18.8 Å². The van der Waals surface area contributed by atoms with Crippen LogP contribution in [0.1, 0.15) is 36.3 Å². The molecule has 1 unspecified atom stereocenters. The number of hydrogen-bond acceptors (Lipinski definition) is 3. The number of carbonyl (C=O) groups is 1. The Morgan fingerprint density at radius 3 is 2.74 bits per heavy atom. The van der Waals surface area contributed by atoms with Crippen molar-refractivity contribution in [3.8, 4) is 0 Å². The van der Waals surface area contributed by atoms with Crippen LogP contribution in [0.25, 0.3) is 5.65 Å². The monoisotopic (exact) mass is 358 g/mol. The largest absolute Gasteiger partial charge is 0.337 e. The van der Waals surface area contributed by atoms with Crippen molar-refractivity contribution < 1.29 is 4.79 Å². The highest BCUT2D eigenvalue weighted by atomic mass is 35.5. The predicted molar refractivity (Wildman–Crippen MR) is 96.7 cm³/mol. The minimum Gasteiger partial charge on any atom is -0.337 e. The molecule has 1 atom stereocenters. The molecule has 1 aliphatic heterocycles. The number of pyridine rings is 1. The second-order valence-electron chi connectivity index (χ2n) is 6.71. The highest BCUT2D eigenvalue weighted by Gasteiger charge is 2.36. The quantitative estimate of drug-likeness (QED) is 0.852. The summed E-state index contributed by atoms with van der Waals surface area (Å²) in [4.78, 5) is 19.0. The molecule has 1 aliphatic rings. The number of halogens is 2. The van der Waals surface area contributed by atoms with Gasteiger partial charge in [0, 0.05) is 31.5 Å². The van der Waals surface area contributed by atoms with Crippen LogP contribution in [0.4, 0.5) is 0 Å². The van der Waals surface area contributed by atoms with Crippen LogP contribution >= 0.6 is 24.8 Å². The first kappa shape index (κ1) is 19.7. The maximum absolute atomic E-state index is 12.7. The Balaban J connectivity index is 0.00000132. The van der Waals surface area contributed by atoms with Crippen molar-refractivity contribution in [1.82, 2.24) is 14.3 Å². The highest BCUT2D eigenvalue weighted by molar-refractivity contribution is 5.93. The van der Waals surface area contributed by atoms with E-state index in [0.717, 1.165) is 17.6 Å². The fourth-order valence-electron chi connectivity index (χ4n) is 2.90. The first-order chi connectivity index (χ1) is 9.87. The highest BCUT2D eigenvalue weighted by Crippen LogP contribution is 2.28. The first-order valence-electron chi connectivity index (χ1n) is 7.37. The third kappa shape index (κ3) is 3.79. The van der Waals surface area contributed by atoms with Crippen LogP contribution in [0.15, 0.2) is 24.5 Å². The molecule has 0 bridgehead atoms. The number of carbonyl (C=O) groups excluding carboxylic acids is 1. The molecule has 1 fully saturated rings. The molecule has 1 saturated heterocycles. The van der Waals surface area contributed by atoms with Gasteiger partial charge >= 0.3 is 0 Å². The second-order valence-corrected chi connectivity index (χ2v) is 6.71. The number of hydrogen-bond donors (Lipinski definition) is 1. The molecule has 0 spiro atoms. The van der Waals surface area contributed by atoms with Gasteiger partial charge in [-0.15, -0.1) is 24.8 Å². The minimum atomic E-state index is -0.0519. The smallest absolute Gasteiger partial charge is 0.274 e. The zero-order chi connectivity index (χ0) is 15.2. The van der Waals surface area contributed by atoms with E-state index in [-0.39, 0.29) is 42.2 Å². The summed E-state index contributed by atoms with van der Waals surface area (Å²) >= 11 is 0. The third-order valence-corrected chi connectivity index (χ3v) is 4.43. The van der Waals surface area contributed by atoms with E-state index < -0.39 is 0 Å². The molecule has 0 aromatic carbocycles. The lowest BCUT2D eigenvalue weighted by molar-refractivity contribution is 0.0528. The van der Waals surface area contributed by atoms with Gasteiger partial charge in [0.15, 0.2) is 0 Å². The zero-order valence-electron chi connectivity index (χ0n) is 13.7. The average Bonchev–Trinajstić information content (AvgIpc) is 2.83. The molecule has 1 amide bonds. The summed E-state index contributed by atoms with van der Waals surface area (Å²) in [7, 11) is 0. The lowest BCUT2D eigenvalue weighted by Gasteiger charge is -2.42. The molecule has 5 nitrogen and oxygen atoms in total. The van der Waals surface area contributed by atoms with Crippen LogP contribution in [-0.2, 0) is 0 Å². The maximum Gasteiger partial charge on any atom is 0.274 e. The van der Waals surface area contributed by atoms with Gasteiger partial charge in [0.1, 0.15) is 11.3 Å². The van der Waals surface area contributed by atoms with Gasteiger partial charge < -0.3 is 15.0 Å². The summed E-state index contributed by atoms with van der Waals surface area (Å²) in [6.07, 6.45) is 4.58. The van der Waals surface area contributed by atoms with Gasteiger partial charge in [-0.2, -0.15) is 0 Å². The van der Waals surface area contributed by atoms with Crippen LogP contribution < -0.4 is 5.73 Å². The van der Waals surface area contributed by atoms with Crippen LogP contribution in [0, 0.1) is 12.3 Å². The van der Waals surface area contributed by atoms with Gasteiger partial charge in [-0.1, -0.05) is 13.8 Å². The van der Waals surface area contributed by atoms with Crippen LogP contribution in [0.2, 0.25) is 0 Å². The number of aromatic nitrogens is 2. The van der Waals surface area contributed by atoms with Gasteiger partial charge in [0.25, 0.3) is 5.91 Å². The van der Waals surface area contributed by atoms with Crippen LogP contribution in [-0.4, -0.2) is 39.3 Å². The molecule has 2 N–H and O–H groups in total. The fraction of sp³-hybridized carbons (Fsp3) is 0.500. The Hall–Kier alpha value is -1.30. The SMILES string of the molecule is Cc1ccn2cc(C(=O)N3CCC(N)C(C)(C)C3)nc2c1.Cl.Cl. The Morgan fingerprint density at radius 2 is 2.09 bits per heavy atom. The van der Waals surface area contributed by atoms with Crippen molar-refractivity contribution in [3.63, 3.8) is 0 Å². The summed E-state index contributed by atoms with van der Waals surface area (Å²) in [5.74, 6) is -0.00340. The number of amides is 1. The molecule has 0 saturated carbocycles. The van der Waals surface area contributed by atoms with E-state index in [1.54, 1.807) is 6.20 Å². The maximum atomic E-state index is 12.7.